The van der Waals surface area contributed by atoms with E-state index in [0.29, 0.717) is 11.6 Å². The SMILES string of the molecule is CC(C)(C)c1cc(-c2nc(-c3ccccc3)c(-c3ccccc3)o2)cc(C(C)(C)C)c1O. The Balaban J connectivity index is 1.98. The summed E-state index contributed by atoms with van der Waals surface area (Å²) in [6, 6.07) is 24.2. The van der Waals surface area contributed by atoms with Crippen LogP contribution in [0.1, 0.15) is 52.7 Å². The van der Waals surface area contributed by atoms with Crippen molar-refractivity contribution in [2.45, 2.75) is 52.4 Å². The van der Waals surface area contributed by atoms with E-state index in [1.807, 2.05) is 72.8 Å². The smallest absolute Gasteiger partial charge is 0.227 e. The van der Waals surface area contributed by atoms with Gasteiger partial charge >= 0.3 is 0 Å². The molecule has 1 N–H and O–H groups in total. The zero-order chi connectivity index (χ0) is 23.1. The third-order valence-electron chi connectivity index (χ3n) is 5.68. The number of benzene rings is 3. The molecule has 0 aliphatic carbocycles. The summed E-state index contributed by atoms with van der Waals surface area (Å²) in [7, 11) is 0. The summed E-state index contributed by atoms with van der Waals surface area (Å²) in [5.41, 5.74) is 5.00. The van der Waals surface area contributed by atoms with Gasteiger partial charge in [0.2, 0.25) is 5.89 Å². The maximum atomic E-state index is 11.1. The predicted octanol–water partition coefficient (Wildman–Crippen LogP) is 7.98. The molecule has 0 aliphatic rings. The van der Waals surface area contributed by atoms with E-state index in [0.717, 1.165) is 39.3 Å². The third kappa shape index (κ3) is 4.20. The number of hydrogen-bond acceptors (Lipinski definition) is 3. The van der Waals surface area contributed by atoms with Crippen LogP contribution in [0.4, 0.5) is 0 Å². The van der Waals surface area contributed by atoms with Gasteiger partial charge in [0.1, 0.15) is 11.4 Å². The molecule has 0 saturated heterocycles. The van der Waals surface area contributed by atoms with Gasteiger partial charge in [-0.3, -0.25) is 0 Å². The van der Waals surface area contributed by atoms with Crippen LogP contribution in [0.3, 0.4) is 0 Å². The Hall–Kier alpha value is -3.33. The minimum Gasteiger partial charge on any atom is -0.507 e. The summed E-state index contributed by atoms with van der Waals surface area (Å²) in [5, 5.41) is 11.1. The van der Waals surface area contributed by atoms with Crippen LogP contribution in [0.25, 0.3) is 34.0 Å². The number of oxazole rings is 1. The lowest BCUT2D eigenvalue weighted by atomic mass is 9.78. The molecule has 3 aromatic carbocycles. The maximum Gasteiger partial charge on any atom is 0.227 e. The first-order chi connectivity index (χ1) is 15.1. The molecule has 0 bridgehead atoms. The van der Waals surface area contributed by atoms with Crippen LogP contribution >= 0.6 is 0 Å². The highest BCUT2D eigenvalue weighted by Crippen LogP contribution is 2.43. The first-order valence-corrected chi connectivity index (χ1v) is 11.1. The Bertz CT molecular complexity index is 1130. The van der Waals surface area contributed by atoms with Crippen molar-refractivity contribution >= 4 is 0 Å². The van der Waals surface area contributed by atoms with Gasteiger partial charge in [-0.2, -0.15) is 0 Å². The number of rotatable bonds is 3. The van der Waals surface area contributed by atoms with Crippen molar-refractivity contribution in [2.24, 2.45) is 0 Å². The van der Waals surface area contributed by atoms with E-state index >= 15 is 0 Å². The molecule has 3 nitrogen and oxygen atoms in total. The predicted molar refractivity (Wildman–Crippen MR) is 132 cm³/mol. The Morgan fingerprint density at radius 1 is 0.656 bits per heavy atom. The highest BCUT2D eigenvalue weighted by atomic mass is 16.4. The zero-order valence-electron chi connectivity index (χ0n) is 19.7. The van der Waals surface area contributed by atoms with E-state index in [-0.39, 0.29) is 10.8 Å². The van der Waals surface area contributed by atoms with E-state index in [4.69, 9.17) is 9.40 Å². The summed E-state index contributed by atoms with van der Waals surface area (Å²) in [6.45, 7) is 12.7. The molecular weight excluding hydrogens is 394 g/mol. The van der Waals surface area contributed by atoms with Crippen molar-refractivity contribution < 1.29 is 9.52 Å². The van der Waals surface area contributed by atoms with Crippen LogP contribution in [-0.2, 0) is 10.8 Å². The Morgan fingerprint density at radius 2 is 1.12 bits per heavy atom. The molecule has 0 amide bonds. The minimum atomic E-state index is -0.225. The normalized spacial score (nSPS) is 12.2. The number of hydrogen-bond donors (Lipinski definition) is 1. The summed E-state index contributed by atoms with van der Waals surface area (Å²) >= 11 is 0. The highest BCUT2D eigenvalue weighted by Gasteiger charge is 2.28. The van der Waals surface area contributed by atoms with Gasteiger partial charge in [0, 0.05) is 27.8 Å². The first-order valence-electron chi connectivity index (χ1n) is 11.1. The molecule has 0 aliphatic heterocycles. The molecule has 0 radical (unpaired) electrons. The van der Waals surface area contributed by atoms with E-state index in [1.165, 1.54) is 0 Å². The van der Waals surface area contributed by atoms with Crippen molar-refractivity contribution in [3.05, 3.63) is 83.9 Å². The van der Waals surface area contributed by atoms with Gasteiger partial charge < -0.3 is 9.52 Å². The van der Waals surface area contributed by atoms with Crippen LogP contribution in [0.2, 0.25) is 0 Å². The number of aromatic nitrogens is 1. The van der Waals surface area contributed by atoms with Crippen LogP contribution in [0.5, 0.6) is 5.75 Å². The molecule has 4 rings (SSSR count). The molecule has 164 valence electrons. The standard InChI is InChI=1S/C29H31NO2/c1-28(2,3)22-17-21(18-23(25(22)31)29(4,5)6)27-30-24(19-13-9-7-10-14-19)26(32-27)20-15-11-8-12-16-20/h7-18,31H,1-6H3. The molecule has 1 aromatic heterocycles. The van der Waals surface area contributed by atoms with Gasteiger partial charge in [-0.1, -0.05) is 102 Å². The van der Waals surface area contributed by atoms with Gasteiger partial charge in [-0.25, -0.2) is 4.98 Å². The molecule has 4 aromatic rings. The van der Waals surface area contributed by atoms with Crippen molar-refractivity contribution in [1.82, 2.24) is 4.98 Å². The second kappa shape index (κ2) is 7.98. The van der Waals surface area contributed by atoms with E-state index < -0.39 is 0 Å². The Labute approximate surface area is 190 Å². The molecule has 0 spiro atoms. The van der Waals surface area contributed by atoms with Crippen LogP contribution in [-0.4, -0.2) is 10.1 Å². The average molecular weight is 426 g/mol. The highest BCUT2D eigenvalue weighted by molar-refractivity contribution is 5.79. The Kier molecular flexibility index (Phi) is 5.46. The van der Waals surface area contributed by atoms with E-state index in [1.54, 1.807) is 0 Å². The lowest BCUT2D eigenvalue weighted by Gasteiger charge is -2.27. The van der Waals surface area contributed by atoms with Crippen LogP contribution in [0, 0.1) is 0 Å². The quantitative estimate of drug-likeness (QED) is 0.362. The summed E-state index contributed by atoms with van der Waals surface area (Å²) in [5.74, 6) is 1.65. The Morgan fingerprint density at radius 3 is 1.59 bits per heavy atom. The van der Waals surface area contributed by atoms with E-state index in [2.05, 4.69) is 41.5 Å². The van der Waals surface area contributed by atoms with Crippen LogP contribution in [0.15, 0.2) is 77.2 Å². The fraction of sp³-hybridized carbons (Fsp3) is 0.276. The third-order valence-corrected chi connectivity index (χ3v) is 5.68. The number of nitrogens with zero attached hydrogens (tertiary/aromatic N) is 1. The van der Waals surface area contributed by atoms with Gasteiger partial charge in [0.05, 0.1) is 0 Å². The second-order valence-electron chi connectivity index (χ2n) is 10.3. The molecule has 0 saturated carbocycles. The molecule has 0 atom stereocenters. The van der Waals surface area contributed by atoms with Gasteiger partial charge in [-0.15, -0.1) is 0 Å². The van der Waals surface area contributed by atoms with Gasteiger partial charge in [-0.05, 0) is 23.0 Å². The zero-order valence-corrected chi connectivity index (χ0v) is 19.7. The number of phenols is 1. The van der Waals surface area contributed by atoms with Gasteiger partial charge in [0.25, 0.3) is 0 Å². The fourth-order valence-electron chi connectivity index (χ4n) is 3.92. The topological polar surface area (TPSA) is 46.3 Å². The number of aromatic hydroxyl groups is 1. The lowest BCUT2D eigenvalue weighted by Crippen LogP contribution is -2.17. The lowest BCUT2D eigenvalue weighted by molar-refractivity contribution is 0.423. The van der Waals surface area contributed by atoms with Crippen molar-refractivity contribution in [2.75, 3.05) is 0 Å². The van der Waals surface area contributed by atoms with Crippen molar-refractivity contribution in [3.8, 4) is 39.8 Å². The molecule has 0 fully saturated rings. The summed E-state index contributed by atoms with van der Waals surface area (Å²) < 4.78 is 6.42. The summed E-state index contributed by atoms with van der Waals surface area (Å²) in [6.07, 6.45) is 0. The van der Waals surface area contributed by atoms with Crippen LogP contribution < -0.4 is 0 Å². The van der Waals surface area contributed by atoms with E-state index in [9.17, 15) is 5.11 Å². The fourth-order valence-corrected chi connectivity index (χ4v) is 3.92. The van der Waals surface area contributed by atoms with Gasteiger partial charge in [0.15, 0.2) is 5.76 Å². The second-order valence-corrected chi connectivity index (χ2v) is 10.3. The average Bonchev–Trinajstić information content (AvgIpc) is 3.19. The molecule has 1 heterocycles. The molecule has 3 heteroatoms. The molecule has 32 heavy (non-hydrogen) atoms. The first kappa shape index (κ1) is 21.9. The molecule has 0 unspecified atom stereocenters. The largest absolute Gasteiger partial charge is 0.507 e. The number of phenolic OH excluding ortho intramolecular Hbond substituents is 1. The minimum absolute atomic E-state index is 0.225. The maximum absolute atomic E-state index is 11.1. The summed E-state index contributed by atoms with van der Waals surface area (Å²) in [4.78, 5) is 4.95. The molecular formula is C29H31NO2. The monoisotopic (exact) mass is 425 g/mol. The van der Waals surface area contributed by atoms with Crippen molar-refractivity contribution in [1.29, 1.82) is 0 Å². The van der Waals surface area contributed by atoms with Crippen molar-refractivity contribution in [3.63, 3.8) is 0 Å².